The number of pyridine rings is 1. The smallest absolute Gasteiger partial charge is 0.339 e. The van der Waals surface area contributed by atoms with Crippen molar-refractivity contribution < 1.29 is 9.53 Å². The summed E-state index contributed by atoms with van der Waals surface area (Å²) in [6, 6.07) is 5.11. The number of aromatic amines is 1. The fraction of sp³-hybridized carbons (Fsp3) is 0.133. The van der Waals surface area contributed by atoms with Gasteiger partial charge >= 0.3 is 5.97 Å². The number of nitrogens with zero attached hydrogens (tertiary/aromatic N) is 1. The number of carbonyl (C=O) groups excluding carboxylic acids is 1. The zero-order valence-electron chi connectivity index (χ0n) is 11.3. The van der Waals surface area contributed by atoms with Gasteiger partial charge in [0.2, 0.25) is 0 Å². The summed E-state index contributed by atoms with van der Waals surface area (Å²) >= 11 is 0. The second kappa shape index (κ2) is 5.52. The molecule has 0 aliphatic heterocycles. The van der Waals surface area contributed by atoms with Crippen LogP contribution in [0.25, 0.3) is 23.6 Å². The molecule has 20 heavy (non-hydrogen) atoms. The number of aromatic nitrogens is 1. The topological polar surface area (TPSA) is 71.5 Å². The molecule has 5 heteroatoms. The van der Waals surface area contributed by atoms with Crippen molar-refractivity contribution in [1.29, 1.82) is 0 Å². The Morgan fingerprint density at radius 3 is 2.85 bits per heavy atom. The summed E-state index contributed by atoms with van der Waals surface area (Å²) in [4.78, 5) is 30.3. The highest BCUT2D eigenvalue weighted by atomic mass is 16.5. The summed E-state index contributed by atoms with van der Waals surface area (Å²) in [5, 5.41) is 1.67. The van der Waals surface area contributed by atoms with Gasteiger partial charge in [-0.15, -0.1) is 0 Å². The number of methoxy groups -OCH3 is 1. The Morgan fingerprint density at radius 1 is 1.45 bits per heavy atom. The minimum Gasteiger partial charge on any atom is -0.465 e. The Labute approximate surface area is 114 Å². The van der Waals surface area contributed by atoms with Crippen LogP contribution in [0.5, 0.6) is 0 Å². The Kier molecular flexibility index (Phi) is 3.79. The van der Waals surface area contributed by atoms with Gasteiger partial charge in [0.05, 0.1) is 18.2 Å². The lowest BCUT2D eigenvalue weighted by atomic mass is 10.1. The summed E-state index contributed by atoms with van der Waals surface area (Å²) in [6.07, 6.45) is 3.11. The number of ether oxygens (including phenoxy) is 1. The second-order valence-corrected chi connectivity index (χ2v) is 4.14. The fourth-order valence-electron chi connectivity index (χ4n) is 2.01. The number of benzene rings is 1. The van der Waals surface area contributed by atoms with Crippen molar-refractivity contribution in [1.82, 2.24) is 4.98 Å². The number of rotatable bonds is 2. The van der Waals surface area contributed by atoms with E-state index in [-0.39, 0.29) is 5.56 Å². The maximum atomic E-state index is 12.1. The number of para-hydroxylation sites is 1. The molecule has 2 aromatic rings. The van der Waals surface area contributed by atoms with Gasteiger partial charge in [-0.25, -0.2) is 4.79 Å². The van der Waals surface area contributed by atoms with Crippen LogP contribution in [0, 0.1) is 0 Å². The van der Waals surface area contributed by atoms with E-state index < -0.39 is 5.97 Å². The van der Waals surface area contributed by atoms with Crippen molar-refractivity contribution in [3.8, 4) is 0 Å². The van der Waals surface area contributed by atoms with E-state index in [0.717, 1.165) is 0 Å². The average Bonchev–Trinajstić information content (AvgIpc) is 2.46. The molecule has 0 spiro atoms. The number of aliphatic imine (C=N–C) groups is 1. The molecule has 0 aliphatic carbocycles. The zero-order chi connectivity index (χ0) is 14.7. The van der Waals surface area contributed by atoms with Gasteiger partial charge in [-0.1, -0.05) is 18.7 Å². The summed E-state index contributed by atoms with van der Waals surface area (Å²) in [5.41, 5.74) is 0.418. The lowest BCUT2D eigenvalue weighted by Crippen LogP contribution is -2.40. The molecule has 1 aromatic carbocycles. The van der Waals surface area contributed by atoms with Gasteiger partial charge in [0.15, 0.2) is 0 Å². The maximum Gasteiger partial charge on any atom is 0.339 e. The molecule has 1 heterocycles. The van der Waals surface area contributed by atoms with E-state index in [4.69, 9.17) is 4.74 Å². The van der Waals surface area contributed by atoms with E-state index >= 15 is 0 Å². The number of carbonyl (C=O) groups is 1. The van der Waals surface area contributed by atoms with E-state index in [9.17, 15) is 9.59 Å². The highest BCUT2D eigenvalue weighted by molar-refractivity contribution is 6.03. The first-order chi connectivity index (χ1) is 9.60. The van der Waals surface area contributed by atoms with Gasteiger partial charge in [0, 0.05) is 23.9 Å². The number of hydrogen-bond donors (Lipinski definition) is 1. The molecule has 0 bridgehead atoms. The van der Waals surface area contributed by atoms with Gasteiger partial charge in [-0.3, -0.25) is 9.79 Å². The second-order valence-electron chi connectivity index (χ2n) is 4.14. The summed E-state index contributed by atoms with van der Waals surface area (Å²) < 4.78 is 4.71. The van der Waals surface area contributed by atoms with Crippen LogP contribution >= 0.6 is 0 Å². The van der Waals surface area contributed by atoms with E-state index in [1.54, 1.807) is 31.3 Å². The van der Waals surface area contributed by atoms with Crippen LogP contribution < -0.4 is 16.0 Å². The number of hydrogen-bond acceptors (Lipinski definition) is 4. The molecule has 102 valence electrons. The van der Waals surface area contributed by atoms with Crippen LogP contribution in [0.3, 0.4) is 0 Å². The van der Waals surface area contributed by atoms with Crippen molar-refractivity contribution in [3.05, 3.63) is 44.6 Å². The minimum absolute atomic E-state index is 0.308. The molecule has 0 amide bonds. The molecule has 0 saturated heterocycles. The fourth-order valence-corrected chi connectivity index (χ4v) is 2.01. The van der Waals surface area contributed by atoms with E-state index in [0.29, 0.717) is 26.9 Å². The third kappa shape index (κ3) is 2.25. The van der Waals surface area contributed by atoms with Crippen LogP contribution in [-0.4, -0.2) is 31.3 Å². The molecular weight excluding hydrogens is 256 g/mol. The number of fused-ring (bicyclic) bond motifs is 1. The van der Waals surface area contributed by atoms with Crippen molar-refractivity contribution in [3.63, 3.8) is 0 Å². The van der Waals surface area contributed by atoms with Crippen LogP contribution in [-0.2, 0) is 4.74 Å². The number of nitrogens with one attached hydrogen (secondary N) is 1. The maximum absolute atomic E-state index is 12.1. The molecule has 0 radical (unpaired) electrons. The van der Waals surface area contributed by atoms with Crippen molar-refractivity contribution in [2.24, 2.45) is 4.99 Å². The Hall–Kier alpha value is -2.69. The zero-order valence-corrected chi connectivity index (χ0v) is 11.3. The van der Waals surface area contributed by atoms with Gasteiger partial charge in [-0.2, -0.15) is 0 Å². The molecular formula is C15H14N2O3. The molecule has 0 saturated carbocycles. The molecule has 1 N–H and O–H groups in total. The Morgan fingerprint density at radius 2 is 2.20 bits per heavy atom. The highest BCUT2D eigenvalue weighted by Gasteiger charge is 2.11. The molecule has 5 nitrogen and oxygen atoms in total. The Balaban J connectivity index is 2.94. The average molecular weight is 270 g/mol. The lowest BCUT2D eigenvalue weighted by molar-refractivity contribution is 0.0603. The van der Waals surface area contributed by atoms with Crippen LogP contribution in [0.4, 0.5) is 0 Å². The summed E-state index contributed by atoms with van der Waals surface area (Å²) in [5.74, 6) is -0.502. The summed E-state index contributed by atoms with van der Waals surface area (Å²) in [7, 11) is 2.91. The number of H-pyrrole nitrogens is 1. The van der Waals surface area contributed by atoms with Crippen molar-refractivity contribution in [2.45, 2.75) is 0 Å². The quantitative estimate of drug-likeness (QED) is 0.626. The first-order valence-electron chi connectivity index (χ1n) is 5.95. The predicted octanol–water partition coefficient (Wildman–Crippen LogP) is 0.206. The van der Waals surface area contributed by atoms with Crippen LogP contribution in [0.1, 0.15) is 10.4 Å². The van der Waals surface area contributed by atoms with Gasteiger partial charge in [0.1, 0.15) is 0 Å². The van der Waals surface area contributed by atoms with Crippen molar-refractivity contribution >= 4 is 35.7 Å². The third-order valence-corrected chi connectivity index (χ3v) is 2.99. The van der Waals surface area contributed by atoms with Gasteiger partial charge < -0.3 is 9.72 Å². The molecule has 0 atom stereocenters. The van der Waals surface area contributed by atoms with Gasteiger partial charge in [-0.05, 0) is 17.4 Å². The molecule has 0 unspecified atom stereocenters. The normalized spacial score (nSPS) is 12.2. The SMILES string of the molecule is C=c1/c(=C\C=NC)c(=O)[nH]c2c(C(=O)OC)cccc12. The van der Waals surface area contributed by atoms with E-state index in [2.05, 4.69) is 16.6 Å². The van der Waals surface area contributed by atoms with Crippen LogP contribution in [0.2, 0.25) is 0 Å². The summed E-state index contributed by atoms with van der Waals surface area (Å²) in [6.45, 7) is 3.92. The predicted molar refractivity (Wildman–Crippen MR) is 79.6 cm³/mol. The largest absolute Gasteiger partial charge is 0.465 e. The molecule has 0 fully saturated rings. The van der Waals surface area contributed by atoms with E-state index in [1.165, 1.54) is 13.3 Å². The first kappa shape index (κ1) is 13.7. The highest BCUT2D eigenvalue weighted by Crippen LogP contribution is 2.12. The third-order valence-electron chi connectivity index (χ3n) is 2.99. The van der Waals surface area contributed by atoms with Crippen molar-refractivity contribution in [2.75, 3.05) is 14.2 Å². The monoisotopic (exact) mass is 270 g/mol. The lowest BCUT2D eigenvalue weighted by Gasteiger charge is -2.05. The molecule has 2 rings (SSSR count). The number of esters is 1. The van der Waals surface area contributed by atoms with Crippen LogP contribution in [0.15, 0.2) is 28.0 Å². The standard InChI is InChI=1S/C15H14N2O3/c1-9-10-5-4-6-12(15(19)20-3)13(10)17-14(18)11(9)7-8-16-2/h4-8H,1H2,2-3H3,(H,17,18)/b11-7+,16-8?. The molecule has 1 aromatic heterocycles. The van der Waals surface area contributed by atoms with Gasteiger partial charge in [0.25, 0.3) is 5.56 Å². The molecule has 0 aliphatic rings. The van der Waals surface area contributed by atoms with E-state index in [1.807, 2.05) is 0 Å². The first-order valence-corrected chi connectivity index (χ1v) is 5.95. The Bertz CT molecular complexity index is 863. The minimum atomic E-state index is -0.502.